The molecule has 0 aliphatic heterocycles. The zero-order valence-corrected chi connectivity index (χ0v) is 9.92. The molecule has 1 aromatic carbocycles. The van der Waals surface area contributed by atoms with Crippen LogP contribution in [0.2, 0.25) is 0 Å². The van der Waals surface area contributed by atoms with Crippen LogP contribution in [0, 0.1) is 11.2 Å². The average Bonchev–Trinajstić information content (AvgIpc) is 2.96. The van der Waals surface area contributed by atoms with Gasteiger partial charge in [-0.2, -0.15) is 0 Å². The van der Waals surface area contributed by atoms with Crippen molar-refractivity contribution in [3.63, 3.8) is 0 Å². The van der Waals surface area contributed by atoms with Gasteiger partial charge in [0, 0.05) is 12.2 Å². The van der Waals surface area contributed by atoms with E-state index in [1.54, 1.807) is 12.1 Å². The monoisotopic (exact) mass is 236 g/mol. The highest BCUT2D eigenvalue weighted by Gasteiger charge is 2.36. The van der Waals surface area contributed by atoms with Crippen LogP contribution in [0.3, 0.4) is 0 Å². The quantitative estimate of drug-likeness (QED) is 0.822. The minimum atomic E-state index is -0.346. The summed E-state index contributed by atoms with van der Waals surface area (Å²) in [5.41, 5.74) is 0.883. The minimum Gasteiger partial charge on any atom is -0.325 e. The van der Waals surface area contributed by atoms with Crippen LogP contribution in [-0.4, -0.2) is 19.0 Å². The van der Waals surface area contributed by atoms with Gasteiger partial charge in [-0.15, -0.1) is 0 Å². The SMILES string of the molecule is CC1(CNCC(=O)Nc2cccc(F)c2)CC1. The molecule has 4 heteroatoms. The number of hydrogen-bond donors (Lipinski definition) is 2. The molecule has 3 nitrogen and oxygen atoms in total. The van der Waals surface area contributed by atoms with Gasteiger partial charge in [-0.3, -0.25) is 4.79 Å². The van der Waals surface area contributed by atoms with Crippen molar-refractivity contribution in [2.45, 2.75) is 19.8 Å². The zero-order chi connectivity index (χ0) is 12.3. The molecule has 0 spiro atoms. The second-order valence-corrected chi connectivity index (χ2v) is 4.97. The van der Waals surface area contributed by atoms with Crippen molar-refractivity contribution in [2.75, 3.05) is 18.4 Å². The lowest BCUT2D eigenvalue weighted by molar-refractivity contribution is -0.115. The molecule has 92 valence electrons. The Morgan fingerprint density at radius 3 is 2.88 bits per heavy atom. The van der Waals surface area contributed by atoms with Gasteiger partial charge in [0.2, 0.25) is 5.91 Å². The number of benzene rings is 1. The topological polar surface area (TPSA) is 41.1 Å². The van der Waals surface area contributed by atoms with Gasteiger partial charge in [0.05, 0.1) is 6.54 Å². The Kier molecular flexibility index (Phi) is 3.43. The van der Waals surface area contributed by atoms with Gasteiger partial charge in [0.25, 0.3) is 0 Å². The van der Waals surface area contributed by atoms with E-state index in [4.69, 9.17) is 0 Å². The zero-order valence-electron chi connectivity index (χ0n) is 9.92. The number of carbonyl (C=O) groups excluding carboxylic acids is 1. The lowest BCUT2D eigenvalue weighted by Crippen LogP contribution is -2.31. The van der Waals surface area contributed by atoms with Crippen molar-refractivity contribution in [3.8, 4) is 0 Å². The first-order valence-corrected chi connectivity index (χ1v) is 5.84. The molecule has 1 amide bonds. The third-order valence-corrected chi connectivity index (χ3v) is 3.05. The number of halogens is 1. The maximum atomic E-state index is 12.9. The Morgan fingerprint density at radius 1 is 1.47 bits per heavy atom. The van der Waals surface area contributed by atoms with Crippen LogP contribution in [0.4, 0.5) is 10.1 Å². The summed E-state index contributed by atoms with van der Waals surface area (Å²) in [5.74, 6) is -0.485. The molecule has 1 saturated carbocycles. The third-order valence-electron chi connectivity index (χ3n) is 3.05. The Balaban J connectivity index is 1.73. The van der Waals surface area contributed by atoms with E-state index in [0.717, 1.165) is 6.54 Å². The van der Waals surface area contributed by atoms with Gasteiger partial charge in [-0.25, -0.2) is 4.39 Å². The molecule has 1 aliphatic rings. The van der Waals surface area contributed by atoms with E-state index in [1.165, 1.54) is 25.0 Å². The van der Waals surface area contributed by atoms with Crippen molar-refractivity contribution in [1.82, 2.24) is 5.32 Å². The van der Waals surface area contributed by atoms with Gasteiger partial charge >= 0.3 is 0 Å². The van der Waals surface area contributed by atoms with E-state index in [0.29, 0.717) is 11.1 Å². The highest BCUT2D eigenvalue weighted by Crippen LogP contribution is 2.43. The third kappa shape index (κ3) is 3.82. The molecule has 1 aromatic rings. The molecule has 0 radical (unpaired) electrons. The van der Waals surface area contributed by atoms with E-state index >= 15 is 0 Å². The number of nitrogens with one attached hydrogen (secondary N) is 2. The molecule has 0 aromatic heterocycles. The summed E-state index contributed by atoms with van der Waals surface area (Å²) in [7, 11) is 0. The molecule has 0 atom stereocenters. The molecular weight excluding hydrogens is 219 g/mol. The Hall–Kier alpha value is -1.42. The maximum absolute atomic E-state index is 12.9. The van der Waals surface area contributed by atoms with Gasteiger partial charge < -0.3 is 10.6 Å². The maximum Gasteiger partial charge on any atom is 0.238 e. The molecule has 17 heavy (non-hydrogen) atoms. The molecule has 2 N–H and O–H groups in total. The summed E-state index contributed by atoms with van der Waals surface area (Å²) in [6.07, 6.45) is 2.46. The second-order valence-electron chi connectivity index (χ2n) is 4.97. The van der Waals surface area contributed by atoms with Crippen molar-refractivity contribution in [1.29, 1.82) is 0 Å². The van der Waals surface area contributed by atoms with Gasteiger partial charge in [-0.1, -0.05) is 13.0 Å². The second kappa shape index (κ2) is 4.84. The van der Waals surface area contributed by atoms with E-state index in [2.05, 4.69) is 17.6 Å². The van der Waals surface area contributed by atoms with Crippen LogP contribution in [0.5, 0.6) is 0 Å². The standard InChI is InChI=1S/C13H17FN2O/c1-13(5-6-13)9-15-8-12(17)16-11-4-2-3-10(14)7-11/h2-4,7,15H,5-6,8-9H2,1H3,(H,16,17). The van der Waals surface area contributed by atoms with Gasteiger partial charge in [0.1, 0.15) is 5.82 Å². The summed E-state index contributed by atoms with van der Waals surface area (Å²) in [4.78, 5) is 11.5. The predicted octanol–water partition coefficient (Wildman–Crippen LogP) is 2.15. The number of hydrogen-bond acceptors (Lipinski definition) is 2. The summed E-state index contributed by atoms with van der Waals surface area (Å²) in [6, 6.07) is 5.90. The van der Waals surface area contributed by atoms with Crippen LogP contribution >= 0.6 is 0 Å². The van der Waals surface area contributed by atoms with Crippen LogP contribution < -0.4 is 10.6 Å². The Morgan fingerprint density at radius 2 is 2.24 bits per heavy atom. The first-order chi connectivity index (χ1) is 8.07. The molecular formula is C13H17FN2O. The predicted molar refractivity (Wildman–Crippen MR) is 65.2 cm³/mol. The molecule has 1 aliphatic carbocycles. The van der Waals surface area contributed by atoms with E-state index in [-0.39, 0.29) is 18.3 Å². The first kappa shape index (κ1) is 12.0. The lowest BCUT2D eigenvalue weighted by atomic mass is 10.1. The molecule has 0 unspecified atom stereocenters. The summed E-state index contributed by atoms with van der Waals surface area (Å²) >= 11 is 0. The molecule has 0 bridgehead atoms. The van der Waals surface area contributed by atoms with Crippen molar-refractivity contribution in [3.05, 3.63) is 30.1 Å². The van der Waals surface area contributed by atoms with Crippen LogP contribution in [0.25, 0.3) is 0 Å². The molecule has 0 saturated heterocycles. The fourth-order valence-corrected chi connectivity index (χ4v) is 1.64. The van der Waals surface area contributed by atoms with Crippen LogP contribution in [0.1, 0.15) is 19.8 Å². The number of anilines is 1. The van der Waals surface area contributed by atoms with Crippen molar-refractivity contribution in [2.24, 2.45) is 5.41 Å². The van der Waals surface area contributed by atoms with Gasteiger partial charge in [-0.05, 0) is 36.5 Å². The fraction of sp³-hybridized carbons (Fsp3) is 0.462. The van der Waals surface area contributed by atoms with E-state index in [1.807, 2.05) is 0 Å². The normalized spacial score (nSPS) is 16.6. The summed E-state index contributed by atoms with van der Waals surface area (Å²) < 4.78 is 12.9. The number of carbonyl (C=O) groups is 1. The first-order valence-electron chi connectivity index (χ1n) is 5.84. The van der Waals surface area contributed by atoms with E-state index in [9.17, 15) is 9.18 Å². The highest BCUT2D eigenvalue weighted by atomic mass is 19.1. The van der Waals surface area contributed by atoms with Crippen LogP contribution in [0.15, 0.2) is 24.3 Å². The largest absolute Gasteiger partial charge is 0.325 e. The Labute approximate surface area is 100 Å². The smallest absolute Gasteiger partial charge is 0.238 e. The lowest BCUT2D eigenvalue weighted by Gasteiger charge is -2.10. The molecule has 1 fully saturated rings. The molecule has 0 heterocycles. The van der Waals surface area contributed by atoms with Gasteiger partial charge in [0.15, 0.2) is 0 Å². The summed E-state index contributed by atoms with van der Waals surface area (Å²) in [5, 5.41) is 5.76. The van der Waals surface area contributed by atoms with E-state index < -0.39 is 0 Å². The molecule has 2 rings (SSSR count). The summed E-state index contributed by atoms with van der Waals surface area (Å²) in [6.45, 7) is 3.33. The minimum absolute atomic E-state index is 0.139. The Bertz CT molecular complexity index is 416. The number of rotatable bonds is 5. The fourth-order valence-electron chi connectivity index (χ4n) is 1.64. The van der Waals surface area contributed by atoms with Crippen molar-refractivity contribution < 1.29 is 9.18 Å². The van der Waals surface area contributed by atoms with Crippen LogP contribution in [-0.2, 0) is 4.79 Å². The highest BCUT2D eigenvalue weighted by molar-refractivity contribution is 5.92. The number of amides is 1. The van der Waals surface area contributed by atoms with Crippen molar-refractivity contribution >= 4 is 11.6 Å². The average molecular weight is 236 g/mol.